The minimum Gasteiger partial charge on any atom is -0.396 e. The Hall–Kier alpha value is -3.73. The molecular weight excluding hydrogens is 413 g/mol. The van der Waals surface area contributed by atoms with Gasteiger partial charge in [0.05, 0.1) is 35.5 Å². The topological polar surface area (TPSA) is 112 Å². The molecule has 0 unspecified atom stereocenters. The molecule has 0 radical (unpaired) electrons. The molecule has 160 valence electrons. The predicted molar refractivity (Wildman–Crippen MR) is 105 cm³/mol. The van der Waals surface area contributed by atoms with Crippen molar-refractivity contribution in [2.75, 3.05) is 5.73 Å². The number of nitrogen functional groups attached to an aromatic ring is 1. The first kappa shape index (κ1) is 20.5. The Kier molecular flexibility index (Phi) is 4.97. The lowest BCUT2D eigenvalue weighted by Crippen LogP contribution is -2.43. The molecule has 0 aliphatic rings. The third-order valence-corrected chi connectivity index (χ3v) is 5.28. The van der Waals surface area contributed by atoms with Crippen molar-refractivity contribution in [3.8, 4) is 0 Å². The molecule has 2 atom stereocenters. The van der Waals surface area contributed by atoms with Crippen molar-refractivity contribution in [3.05, 3.63) is 82.7 Å². The lowest BCUT2D eigenvalue weighted by atomic mass is 9.86. The van der Waals surface area contributed by atoms with Gasteiger partial charge in [-0.15, -0.1) is 0 Å². The molecule has 0 bridgehead atoms. The number of hydrogen-bond donors (Lipinski definition) is 2. The molecule has 0 spiro atoms. The van der Waals surface area contributed by atoms with E-state index in [1.165, 1.54) is 30.3 Å². The number of fused-ring (bicyclic) bond motifs is 1. The molecule has 0 amide bonds. The van der Waals surface area contributed by atoms with E-state index in [0.717, 1.165) is 29.1 Å². The van der Waals surface area contributed by atoms with Crippen LogP contribution in [0, 0.1) is 17.5 Å². The standard InChI is InChI=1S/C20H17F3N6O2/c1-11(29-10-26-18-6-17(24)16(23)5-13(18)19(29)30)20(31,7-28-9-25-8-27-28)14-3-2-12(21)4-15(14)22/h2-6,8-11,31H,7,24H2,1H3/t11-,20-/m1/s1. The molecule has 8 nitrogen and oxygen atoms in total. The smallest absolute Gasteiger partial charge is 0.261 e. The maximum atomic E-state index is 14.7. The summed E-state index contributed by atoms with van der Waals surface area (Å²) in [4.78, 5) is 21.0. The van der Waals surface area contributed by atoms with Crippen molar-refractivity contribution < 1.29 is 18.3 Å². The van der Waals surface area contributed by atoms with E-state index in [1.807, 2.05) is 0 Å². The number of hydrogen-bond acceptors (Lipinski definition) is 6. The Morgan fingerprint density at radius 2 is 1.94 bits per heavy atom. The summed E-state index contributed by atoms with van der Waals surface area (Å²) in [7, 11) is 0. The molecule has 0 saturated carbocycles. The van der Waals surface area contributed by atoms with Crippen LogP contribution in [0.5, 0.6) is 0 Å². The van der Waals surface area contributed by atoms with Crippen molar-refractivity contribution in [1.82, 2.24) is 24.3 Å². The van der Waals surface area contributed by atoms with Gasteiger partial charge in [0.2, 0.25) is 0 Å². The number of benzene rings is 2. The van der Waals surface area contributed by atoms with Crippen molar-refractivity contribution >= 4 is 16.6 Å². The largest absolute Gasteiger partial charge is 0.396 e. The second kappa shape index (κ2) is 7.51. The maximum Gasteiger partial charge on any atom is 0.261 e. The Labute approximate surface area is 173 Å². The third kappa shape index (κ3) is 3.52. The first-order valence-electron chi connectivity index (χ1n) is 9.17. The van der Waals surface area contributed by atoms with Crippen LogP contribution in [0.3, 0.4) is 0 Å². The van der Waals surface area contributed by atoms with Crippen LogP contribution >= 0.6 is 0 Å². The SMILES string of the molecule is C[C@@H](n1cnc2cc(N)c(F)cc2c1=O)[C@](O)(Cn1cncn1)c1ccc(F)cc1F. The van der Waals surface area contributed by atoms with Gasteiger partial charge in [0.1, 0.15) is 35.7 Å². The molecule has 4 rings (SSSR count). The van der Waals surface area contributed by atoms with Gasteiger partial charge in [-0.25, -0.2) is 27.8 Å². The lowest BCUT2D eigenvalue weighted by molar-refractivity contribution is -0.0343. The van der Waals surface area contributed by atoms with Crippen molar-refractivity contribution in [3.63, 3.8) is 0 Å². The minimum absolute atomic E-state index is 0.0660. The van der Waals surface area contributed by atoms with E-state index in [-0.39, 0.29) is 28.7 Å². The summed E-state index contributed by atoms with van der Waals surface area (Å²) >= 11 is 0. The van der Waals surface area contributed by atoms with Gasteiger partial charge < -0.3 is 10.8 Å². The van der Waals surface area contributed by atoms with Crippen LogP contribution in [0.15, 0.2) is 54.1 Å². The Balaban J connectivity index is 1.90. The molecule has 0 aliphatic heterocycles. The average Bonchev–Trinajstić information content (AvgIpc) is 3.22. The fourth-order valence-electron chi connectivity index (χ4n) is 3.52. The molecule has 3 N–H and O–H groups in total. The number of anilines is 1. The van der Waals surface area contributed by atoms with Crippen molar-refractivity contribution in [2.24, 2.45) is 0 Å². The summed E-state index contributed by atoms with van der Waals surface area (Å²) in [6, 6.07) is 3.78. The zero-order valence-electron chi connectivity index (χ0n) is 16.2. The van der Waals surface area contributed by atoms with Gasteiger partial charge in [0, 0.05) is 11.6 Å². The number of rotatable bonds is 5. The zero-order valence-corrected chi connectivity index (χ0v) is 16.2. The quantitative estimate of drug-likeness (QED) is 0.469. The zero-order chi connectivity index (χ0) is 22.3. The lowest BCUT2D eigenvalue weighted by Gasteiger charge is -2.35. The van der Waals surface area contributed by atoms with E-state index in [1.54, 1.807) is 0 Å². The first-order chi connectivity index (χ1) is 14.7. The van der Waals surface area contributed by atoms with Crippen LogP contribution < -0.4 is 11.3 Å². The predicted octanol–water partition coefficient (Wildman–Crippen LogP) is 2.14. The molecule has 4 aromatic rings. The van der Waals surface area contributed by atoms with E-state index in [9.17, 15) is 23.1 Å². The Morgan fingerprint density at radius 3 is 2.61 bits per heavy atom. The van der Waals surface area contributed by atoms with E-state index in [4.69, 9.17) is 5.73 Å². The van der Waals surface area contributed by atoms with Crippen LogP contribution in [0.1, 0.15) is 18.5 Å². The summed E-state index contributed by atoms with van der Waals surface area (Å²) in [5.41, 5.74) is 2.53. The summed E-state index contributed by atoms with van der Waals surface area (Å²) in [5, 5.41) is 15.5. The monoisotopic (exact) mass is 430 g/mol. The maximum absolute atomic E-state index is 14.7. The number of nitrogens with zero attached hydrogens (tertiary/aromatic N) is 5. The van der Waals surface area contributed by atoms with Gasteiger partial charge in [-0.05, 0) is 25.1 Å². The summed E-state index contributed by atoms with van der Waals surface area (Å²) in [6.45, 7) is 1.15. The number of aromatic nitrogens is 5. The summed E-state index contributed by atoms with van der Waals surface area (Å²) in [5.74, 6) is -2.62. The van der Waals surface area contributed by atoms with Gasteiger partial charge in [-0.1, -0.05) is 6.07 Å². The molecule has 2 aromatic carbocycles. The van der Waals surface area contributed by atoms with Crippen molar-refractivity contribution in [2.45, 2.75) is 25.1 Å². The van der Waals surface area contributed by atoms with Gasteiger partial charge >= 0.3 is 0 Å². The number of aliphatic hydroxyl groups is 1. The van der Waals surface area contributed by atoms with E-state index in [0.29, 0.717) is 6.07 Å². The molecular formula is C20H17F3N6O2. The van der Waals surface area contributed by atoms with Crippen LogP contribution in [-0.4, -0.2) is 29.4 Å². The normalized spacial score (nSPS) is 14.5. The highest BCUT2D eigenvalue weighted by atomic mass is 19.1. The van der Waals surface area contributed by atoms with E-state index < -0.39 is 34.7 Å². The van der Waals surface area contributed by atoms with Crippen LogP contribution in [0.4, 0.5) is 18.9 Å². The summed E-state index contributed by atoms with van der Waals surface area (Å²) in [6.07, 6.45) is 3.68. The third-order valence-electron chi connectivity index (χ3n) is 5.28. The van der Waals surface area contributed by atoms with E-state index >= 15 is 0 Å². The van der Waals surface area contributed by atoms with Crippen LogP contribution in [0.2, 0.25) is 0 Å². The molecule has 2 heterocycles. The Bertz CT molecular complexity index is 1320. The first-order valence-corrected chi connectivity index (χ1v) is 9.17. The van der Waals surface area contributed by atoms with E-state index in [2.05, 4.69) is 15.1 Å². The average molecular weight is 430 g/mol. The van der Waals surface area contributed by atoms with Crippen LogP contribution in [0.25, 0.3) is 10.9 Å². The second-order valence-electron chi connectivity index (χ2n) is 7.17. The fraction of sp³-hybridized carbons (Fsp3) is 0.200. The molecule has 0 saturated heterocycles. The van der Waals surface area contributed by atoms with Gasteiger partial charge in [0.15, 0.2) is 0 Å². The highest BCUT2D eigenvalue weighted by Crippen LogP contribution is 2.36. The van der Waals surface area contributed by atoms with Gasteiger partial charge in [-0.2, -0.15) is 5.10 Å². The summed E-state index contributed by atoms with van der Waals surface area (Å²) < 4.78 is 44.4. The van der Waals surface area contributed by atoms with Gasteiger partial charge in [-0.3, -0.25) is 9.36 Å². The molecule has 31 heavy (non-hydrogen) atoms. The molecule has 0 fully saturated rings. The molecule has 0 aliphatic carbocycles. The van der Waals surface area contributed by atoms with Crippen LogP contribution in [-0.2, 0) is 12.1 Å². The fourth-order valence-corrected chi connectivity index (χ4v) is 3.52. The Morgan fingerprint density at radius 1 is 1.16 bits per heavy atom. The van der Waals surface area contributed by atoms with Gasteiger partial charge in [0.25, 0.3) is 5.56 Å². The van der Waals surface area contributed by atoms with Crippen molar-refractivity contribution in [1.29, 1.82) is 0 Å². The minimum atomic E-state index is -2.07. The number of halogens is 3. The highest BCUT2D eigenvalue weighted by molar-refractivity contribution is 5.81. The molecule has 11 heteroatoms. The number of nitrogens with two attached hydrogens (primary N) is 1. The molecule has 2 aromatic heterocycles. The second-order valence-corrected chi connectivity index (χ2v) is 7.17. The highest BCUT2D eigenvalue weighted by Gasteiger charge is 2.41.